The lowest BCUT2D eigenvalue weighted by Crippen LogP contribution is -2.17. The number of nitrogens with one attached hydrogen (secondary N) is 1. The van der Waals surface area contributed by atoms with Crippen molar-refractivity contribution in [3.8, 4) is 11.5 Å². The van der Waals surface area contributed by atoms with Crippen LogP contribution in [0.3, 0.4) is 0 Å². The molecule has 4 nitrogen and oxygen atoms in total. The van der Waals surface area contributed by atoms with E-state index in [1.807, 2.05) is 0 Å². The van der Waals surface area contributed by atoms with Crippen molar-refractivity contribution in [3.05, 3.63) is 23.5 Å². The third-order valence-corrected chi connectivity index (χ3v) is 2.26. The van der Waals surface area contributed by atoms with Crippen molar-refractivity contribution in [1.29, 1.82) is 0 Å². The van der Waals surface area contributed by atoms with Gasteiger partial charge >= 0.3 is 0 Å². The Balaban J connectivity index is 3.18. The molecule has 0 fully saturated rings. The molecule has 0 aliphatic heterocycles. The lowest BCUT2D eigenvalue weighted by molar-refractivity contribution is 0.172. The summed E-state index contributed by atoms with van der Waals surface area (Å²) in [6.45, 7) is 0.352. The van der Waals surface area contributed by atoms with Gasteiger partial charge in [-0.2, -0.15) is 0 Å². The average Bonchev–Trinajstić information content (AvgIpc) is 2.28. The molecule has 1 atom stereocenters. The van der Waals surface area contributed by atoms with Crippen LogP contribution >= 0.6 is 0 Å². The topological polar surface area (TPSA) is 50.7 Å². The van der Waals surface area contributed by atoms with E-state index in [4.69, 9.17) is 9.47 Å². The number of aliphatic hydroxyl groups is 1. The van der Waals surface area contributed by atoms with Crippen molar-refractivity contribution >= 4 is 0 Å². The summed E-state index contributed by atoms with van der Waals surface area (Å²) in [6, 6.07) is 2.73. The van der Waals surface area contributed by atoms with E-state index in [2.05, 4.69) is 5.32 Å². The second-order valence-electron chi connectivity index (χ2n) is 3.28. The van der Waals surface area contributed by atoms with Crippen molar-refractivity contribution < 1.29 is 19.0 Å². The lowest BCUT2D eigenvalue weighted by atomic mass is 10.1. The number of rotatable bonds is 5. The van der Waals surface area contributed by atoms with E-state index in [1.54, 1.807) is 7.05 Å². The van der Waals surface area contributed by atoms with Crippen LogP contribution in [-0.4, -0.2) is 32.9 Å². The fraction of sp³-hybridized carbons (Fsp3) is 0.455. The van der Waals surface area contributed by atoms with Gasteiger partial charge in [-0.15, -0.1) is 0 Å². The molecule has 16 heavy (non-hydrogen) atoms. The van der Waals surface area contributed by atoms with Crippen LogP contribution in [0.2, 0.25) is 0 Å². The van der Waals surface area contributed by atoms with E-state index in [0.29, 0.717) is 12.1 Å². The van der Waals surface area contributed by atoms with Crippen LogP contribution in [0.4, 0.5) is 4.39 Å². The first-order valence-corrected chi connectivity index (χ1v) is 4.88. The normalized spacial score (nSPS) is 12.3. The maximum absolute atomic E-state index is 13.4. The molecule has 0 heterocycles. The Labute approximate surface area is 94.0 Å². The van der Waals surface area contributed by atoms with Crippen LogP contribution in [0.5, 0.6) is 11.5 Å². The number of likely N-dealkylation sites (N-methyl/N-ethyl adjacent to an activating group) is 1. The second-order valence-corrected chi connectivity index (χ2v) is 3.28. The molecule has 1 aromatic carbocycles. The summed E-state index contributed by atoms with van der Waals surface area (Å²) in [5.41, 5.74) is 0.495. The Kier molecular flexibility index (Phi) is 4.52. The summed E-state index contributed by atoms with van der Waals surface area (Å²) in [5, 5.41) is 12.7. The van der Waals surface area contributed by atoms with E-state index in [1.165, 1.54) is 26.4 Å². The molecule has 1 unspecified atom stereocenters. The van der Waals surface area contributed by atoms with Gasteiger partial charge in [0.2, 0.25) is 0 Å². The second kappa shape index (κ2) is 5.67. The number of halogens is 1. The molecule has 0 aliphatic carbocycles. The fourth-order valence-corrected chi connectivity index (χ4v) is 1.52. The highest BCUT2D eigenvalue weighted by atomic mass is 19.1. The Bertz CT molecular complexity index is 357. The van der Waals surface area contributed by atoms with E-state index in [0.717, 1.165) is 0 Å². The maximum atomic E-state index is 13.4. The minimum absolute atomic E-state index is 0.00940. The summed E-state index contributed by atoms with van der Waals surface area (Å²) < 4.78 is 23.3. The highest BCUT2D eigenvalue weighted by Crippen LogP contribution is 2.36. The number of aliphatic hydroxyl groups excluding tert-OH is 1. The molecule has 90 valence electrons. The molecule has 0 spiro atoms. The molecule has 0 aliphatic rings. The average molecular weight is 229 g/mol. The van der Waals surface area contributed by atoms with Crippen molar-refractivity contribution in [1.82, 2.24) is 5.32 Å². The first-order chi connectivity index (χ1) is 7.65. The van der Waals surface area contributed by atoms with Crippen molar-refractivity contribution in [3.63, 3.8) is 0 Å². The summed E-state index contributed by atoms with van der Waals surface area (Å²) in [6.07, 6.45) is -0.769. The van der Waals surface area contributed by atoms with Crippen LogP contribution in [-0.2, 0) is 0 Å². The minimum Gasteiger partial charge on any atom is -0.492 e. The molecule has 0 bridgehead atoms. The van der Waals surface area contributed by atoms with Crippen LogP contribution in [0.1, 0.15) is 11.7 Å². The monoisotopic (exact) mass is 229 g/mol. The van der Waals surface area contributed by atoms with Gasteiger partial charge in [-0.05, 0) is 19.2 Å². The number of hydrogen-bond donors (Lipinski definition) is 2. The van der Waals surface area contributed by atoms with Crippen LogP contribution in [0, 0.1) is 5.82 Å². The minimum atomic E-state index is -0.769. The first-order valence-electron chi connectivity index (χ1n) is 4.88. The van der Waals surface area contributed by atoms with Gasteiger partial charge < -0.3 is 19.9 Å². The van der Waals surface area contributed by atoms with Gasteiger partial charge in [-0.25, -0.2) is 4.39 Å². The zero-order valence-electron chi connectivity index (χ0n) is 9.58. The number of methoxy groups -OCH3 is 2. The fourth-order valence-electron chi connectivity index (χ4n) is 1.52. The van der Waals surface area contributed by atoms with E-state index >= 15 is 0 Å². The largest absolute Gasteiger partial charge is 0.492 e. The zero-order valence-corrected chi connectivity index (χ0v) is 9.58. The molecule has 2 N–H and O–H groups in total. The number of hydrogen-bond acceptors (Lipinski definition) is 4. The highest BCUT2D eigenvalue weighted by Gasteiger charge is 2.19. The lowest BCUT2D eigenvalue weighted by Gasteiger charge is -2.17. The molecule has 0 saturated carbocycles. The van der Waals surface area contributed by atoms with Gasteiger partial charge in [0.05, 0.1) is 20.3 Å². The van der Waals surface area contributed by atoms with E-state index in [-0.39, 0.29) is 11.5 Å². The van der Waals surface area contributed by atoms with E-state index in [9.17, 15) is 9.50 Å². The quantitative estimate of drug-likeness (QED) is 0.793. The van der Waals surface area contributed by atoms with Gasteiger partial charge in [0.15, 0.2) is 17.3 Å². The molecule has 5 heteroatoms. The van der Waals surface area contributed by atoms with Crippen molar-refractivity contribution in [2.24, 2.45) is 0 Å². The smallest absolute Gasteiger partial charge is 0.197 e. The van der Waals surface area contributed by atoms with Gasteiger partial charge in [-0.3, -0.25) is 0 Å². The first kappa shape index (κ1) is 12.7. The van der Waals surface area contributed by atoms with Crippen molar-refractivity contribution in [2.75, 3.05) is 27.8 Å². The summed E-state index contributed by atoms with van der Waals surface area (Å²) in [4.78, 5) is 0. The molecular weight excluding hydrogens is 213 g/mol. The summed E-state index contributed by atoms with van der Waals surface area (Å²) in [7, 11) is 4.48. The third kappa shape index (κ3) is 2.43. The third-order valence-electron chi connectivity index (χ3n) is 2.26. The molecule has 0 amide bonds. The molecule has 1 aromatic rings. The summed E-state index contributed by atoms with van der Waals surface area (Å²) >= 11 is 0. The molecule has 1 rings (SSSR count). The predicted octanol–water partition coefficient (Wildman–Crippen LogP) is 1.10. The van der Waals surface area contributed by atoms with Crippen molar-refractivity contribution in [2.45, 2.75) is 6.10 Å². The SMILES string of the molecule is CNCC(O)c1ccc(F)c(OC)c1OC. The maximum Gasteiger partial charge on any atom is 0.197 e. The zero-order chi connectivity index (χ0) is 12.1. The van der Waals surface area contributed by atoms with Crippen LogP contribution in [0.15, 0.2) is 12.1 Å². The van der Waals surface area contributed by atoms with Gasteiger partial charge in [-0.1, -0.05) is 0 Å². The molecule has 0 saturated heterocycles. The van der Waals surface area contributed by atoms with Gasteiger partial charge in [0.1, 0.15) is 0 Å². The van der Waals surface area contributed by atoms with Gasteiger partial charge in [0.25, 0.3) is 0 Å². The molecule has 0 aromatic heterocycles. The Morgan fingerprint density at radius 1 is 1.31 bits per heavy atom. The highest BCUT2D eigenvalue weighted by molar-refractivity contribution is 5.48. The van der Waals surface area contributed by atoms with Crippen LogP contribution < -0.4 is 14.8 Å². The molecule has 0 radical (unpaired) electrons. The summed E-state index contributed by atoms with van der Waals surface area (Å²) in [5.74, 6) is -0.278. The van der Waals surface area contributed by atoms with Gasteiger partial charge in [0, 0.05) is 12.1 Å². The van der Waals surface area contributed by atoms with E-state index < -0.39 is 11.9 Å². The Morgan fingerprint density at radius 2 is 1.94 bits per heavy atom. The number of benzene rings is 1. The molecular formula is C11H16FNO3. The Morgan fingerprint density at radius 3 is 2.44 bits per heavy atom. The standard InChI is InChI=1S/C11H16FNO3/c1-13-6-9(14)7-4-5-8(12)11(16-3)10(7)15-2/h4-5,9,13-14H,6H2,1-3H3. The predicted molar refractivity (Wildman–Crippen MR) is 58.4 cm³/mol. The Hall–Kier alpha value is -1.33. The number of ether oxygens (including phenoxy) is 2. The van der Waals surface area contributed by atoms with Crippen LogP contribution in [0.25, 0.3) is 0 Å².